The van der Waals surface area contributed by atoms with Crippen LogP contribution in [0.1, 0.15) is 6.92 Å². The zero-order valence-corrected chi connectivity index (χ0v) is 13.8. The molecule has 0 radical (unpaired) electrons. The van der Waals surface area contributed by atoms with E-state index in [4.69, 9.17) is 10.7 Å². The Morgan fingerprint density at radius 1 is 1.39 bits per heavy atom. The molecule has 2 aliphatic heterocycles. The van der Waals surface area contributed by atoms with Gasteiger partial charge in [-0.2, -0.15) is 0 Å². The number of methoxy groups -OCH3 is 1. The molecular formula is C13H13ClN2O6S. The van der Waals surface area contributed by atoms with Gasteiger partial charge in [0.1, 0.15) is 0 Å². The predicted octanol–water partition coefficient (Wildman–Crippen LogP) is -0.532. The van der Waals surface area contributed by atoms with E-state index in [0.717, 1.165) is 24.2 Å². The number of amides is 3. The molecule has 1 saturated heterocycles. The van der Waals surface area contributed by atoms with E-state index < -0.39 is 51.5 Å². The molecule has 0 aromatic heterocycles. The molecule has 8 nitrogen and oxygen atoms in total. The third kappa shape index (κ3) is 2.75. The van der Waals surface area contributed by atoms with Crippen LogP contribution in [0.3, 0.4) is 0 Å². The van der Waals surface area contributed by atoms with Crippen LogP contribution >= 0.6 is 10.7 Å². The molecule has 0 aromatic rings. The van der Waals surface area contributed by atoms with E-state index in [-0.39, 0.29) is 5.57 Å². The van der Waals surface area contributed by atoms with Crippen LogP contribution in [0, 0.1) is 0 Å². The van der Waals surface area contributed by atoms with E-state index in [0.29, 0.717) is 4.90 Å². The lowest BCUT2D eigenvalue weighted by molar-refractivity contribution is -0.169. The van der Waals surface area contributed by atoms with Crippen molar-refractivity contribution in [3.05, 3.63) is 24.3 Å². The average Bonchev–Trinajstić information content (AvgIpc) is 2.79. The van der Waals surface area contributed by atoms with Crippen LogP contribution < -0.4 is 0 Å². The molecule has 3 amide bonds. The summed E-state index contributed by atoms with van der Waals surface area (Å²) in [6.07, 6.45) is 2.01. The second-order valence-corrected chi connectivity index (χ2v) is 6.87. The lowest BCUT2D eigenvalue weighted by atomic mass is 9.98. The number of nitrogens with zero attached hydrogens (tertiary/aromatic N) is 2. The average molecular weight is 361 g/mol. The van der Waals surface area contributed by atoms with Gasteiger partial charge in [0.05, 0.1) is 17.5 Å². The first-order chi connectivity index (χ1) is 10.7. The third-order valence-corrected chi connectivity index (χ3v) is 4.94. The molecule has 0 bridgehead atoms. The summed E-state index contributed by atoms with van der Waals surface area (Å²) in [7, 11) is 4.63. The Hall–Kier alpha value is -1.84. The molecule has 0 spiro atoms. The van der Waals surface area contributed by atoms with Crippen LogP contribution in [-0.2, 0) is 34.3 Å². The summed E-state index contributed by atoms with van der Waals surface area (Å²) in [5.41, 5.74) is 0.271. The van der Waals surface area contributed by atoms with Gasteiger partial charge in [-0.3, -0.25) is 24.2 Å². The van der Waals surface area contributed by atoms with Crippen molar-refractivity contribution in [3.8, 4) is 0 Å². The highest BCUT2D eigenvalue weighted by molar-refractivity contribution is 8.14. The number of carbonyl (C=O) groups excluding carboxylic acids is 4. The molecule has 10 heteroatoms. The number of β-lactam (4-membered cyclic amide) rings is 1. The highest BCUT2D eigenvalue weighted by atomic mass is 35.7. The summed E-state index contributed by atoms with van der Waals surface area (Å²) >= 11 is 0. The quantitative estimate of drug-likeness (QED) is 0.214. The Morgan fingerprint density at radius 2 is 1.91 bits per heavy atom. The number of rotatable bonds is 5. The van der Waals surface area contributed by atoms with E-state index in [9.17, 15) is 23.7 Å². The molecule has 0 N–H and O–H groups in total. The zero-order valence-electron chi connectivity index (χ0n) is 12.2. The minimum Gasteiger partial charge on any atom is -0.597 e. The molecule has 1 fully saturated rings. The molecule has 124 valence electrons. The van der Waals surface area contributed by atoms with Gasteiger partial charge in [-0.05, 0) is 12.5 Å². The molecule has 0 aliphatic carbocycles. The Morgan fingerprint density at radius 3 is 2.30 bits per heavy atom. The van der Waals surface area contributed by atoms with Crippen molar-refractivity contribution in [3.63, 3.8) is 0 Å². The summed E-state index contributed by atoms with van der Waals surface area (Å²) in [4.78, 5) is 49.4. The maximum atomic E-state index is 12.4. The van der Waals surface area contributed by atoms with Crippen LogP contribution in [0.2, 0.25) is 0 Å². The van der Waals surface area contributed by atoms with Gasteiger partial charge < -0.3 is 9.29 Å². The number of likely N-dealkylation sites (tertiary alicyclic amines) is 1. The van der Waals surface area contributed by atoms with E-state index in [1.165, 1.54) is 6.92 Å². The van der Waals surface area contributed by atoms with E-state index in [1.807, 2.05) is 0 Å². The SMILES string of the molecule is C=C(C)C(C(=O)OC)N1C(=O)C(N2C(=O)C=CC2=O)C1[S+]([O-])Cl. The van der Waals surface area contributed by atoms with Gasteiger partial charge >= 0.3 is 5.97 Å². The molecule has 4 unspecified atom stereocenters. The minimum absolute atomic E-state index is 0.271. The third-order valence-electron chi connectivity index (χ3n) is 3.53. The van der Waals surface area contributed by atoms with Crippen molar-refractivity contribution in [2.75, 3.05) is 7.11 Å². The molecule has 0 saturated carbocycles. The number of hydrogen-bond donors (Lipinski definition) is 0. The lowest BCUT2D eigenvalue weighted by Crippen LogP contribution is -2.76. The predicted molar refractivity (Wildman–Crippen MR) is 80.0 cm³/mol. The molecular weight excluding hydrogens is 348 g/mol. The molecule has 2 rings (SSSR count). The molecule has 4 atom stereocenters. The van der Waals surface area contributed by atoms with Gasteiger partial charge in [-0.25, -0.2) is 4.79 Å². The standard InChI is InChI=1S/C13H13ClN2O6S/c1-6(2)9(13(20)22-3)16-11(19)10(12(16)23(14)21)15-7(17)4-5-8(15)18/h4-5,9-10,12H,1H2,2-3H3. The molecule has 0 aromatic carbocycles. The highest BCUT2D eigenvalue weighted by Gasteiger charge is 2.63. The van der Waals surface area contributed by atoms with Crippen LogP contribution in [0.25, 0.3) is 0 Å². The van der Waals surface area contributed by atoms with Crippen molar-refractivity contribution in [2.45, 2.75) is 24.4 Å². The van der Waals surface area contributed by atoms with Gasteiger partial charge in [0.2, 0.25) is 5.37 Å². The topological polar surface area (TPSA) is 107 Å². The van der Waals surface area contributed by atoms with Crippen LogP contribution in [0.4, 0.5) is 0 Å². The van der Waals surface area contributed by atoms with Crippen molar-refractivity contribution >= 4 is 44.8 Å². The summed E-state index contributed by atoms with van der Waals surface area (Å²) < 4.78 is 16.4. The van der Waals surface area contributed by atoms with Crippen molar-refractivity contribution in [1.29, 1.82) is 0 Å². The van der Waals surface area contributed by atoms with Crippen LogP contribution in [0.5, 0.6) is 0 Å². The largest absolute Gasteiger partial charge is 0.597 e. The van der Waals surface area contributed by atoms with E-state index in [2.05, 4.69) is 11.3 Å². The fraction of sp³-hybridized carbons (Fsp3) is 0.385. The molecule has 2 heterocycles. The van der Waals surface area contributed by atoms with Gasteiger partial charge in [0, 0.05) is 12.2 Å². The summed E-state index contributed by atoms with van der Waals surface area (Å²) in [6.45, 7) is 5.10. The van der Waals surface area contributed by atoms with Gasteiger partial charge in [0.25, 0.3) is 17.7 Å². The minimum atomic E-state index is -2.13. The number of ether oxygens (including phenoxy) is 1. The Labute approximate surface area is 139 Å². The van der Waals surface area contributed by atoms with Crippen LogP contribution in [0.15, 0.2) is 24.3 Å². The van der Waals surface area contributed by atoms with Gasteiger partial charge in [-0.15, -0.1) is 0 Å². The Bertz CT molecular complexity index is 616. The van der Waals surface area contributed by atoms with Crippen molar-refractivity contribution in [1.82, 2.24) is 9.80 Å². The number of halogens is 1. The van der Waals surface area contributed by atoms with Crippen LogP contribution in [-0.4, -0.2) is 62.6 Å². The first-order valence-electron chi connectivity index (χ1n) is 6.39. The monoisotopic (exact) mass is 360 g/mol. The fourth-order valence-electron chi connectivity index (χ4n) is 2.52. The Kier molecular flexibility index (Phi) is 4.83. The van der Waals surface area contributed by atoms with Gasteiger partial charge in [-0.1, -0.05) is 6.58 Å². The Balaban J connectivity index is 2.35. The van der Waals surface area contributed by atoms with E-state index >= 15 is 0 Å². The number of carbonyl (C=O) groups is 4. The first-order valence-corrected chi connectivity index (χ1v) is 8.43. The van der Waals surface area contributed by atoms with Crippen molar-refractivity contribution < 1.29 is 28.5 Å². The second-order valence-electron chi connectivity index (χ2n) is 4.98. The summed E-state index contributed by atoms with van der Waals surface area (Å²) in [5.74, 6) is -2.92. The van der Waals surface area contributed by atoms with Crippen molar-refractivity contribution in [2.24, 2.45) is 0 Å². The maximum absolute atomic E-state index is 12.4. The number of esters is 1. The normalized spacial score (nSPS) is 26.2. The van der Waals surface area contributed by atoms with Gasteiger partial charge in [0.15, 0.2) is 22.8 Å². The number of imide groups is 1. The first kappa shape index (κ1) is 17.5. The summed E-state index contributed by atoms with van der Waals surface area (Å²) in [6, 6.07) is -2.52. The lowest BCUT2D eigenvalue weighted by Gasteiger charge is -2.48. The smallest absolute Gasteiger partial charge is 0.333 e. The maximum Gasteiger partial charge on any atom is 0.333 e. The molecule has 2 aliphatic rings. The number of hydrogen-bond acceptors (Lipinski definition) is 6. The highest BCUT2D eigenvalue weighted by Crippen LogP contribution is 2.36. The molecule has 23 heavy (non-hydrogen) atoms. The zero-order chi connectivity index (χ0) is 17.5. The summed E-state index contributed by atoms with van der Waals surface area (Å²) in [5, 5.41) is -1.22. The second kappa shape index (κ2) is 6.34. The fourth-order valence-corrected chi connectivity index (χ4v) is 3.92. The van der Waals surface area contributed by atoms with E-state index in [1.54, 1.807) is 0 Å².